The van der Waals surface area contributed by atoms with Gasteiger partial charge in [0.15, 0.2) is 6.61 Å². The first kappa shape index (κ1) is 24.6. The van der Waals surface area contributed by atoms with Crippen LogP contribution in [0.1, 0.15) is 20.3 Å². The SMILES string of the molecule is CNC(=O)COc1cc(F)c2c(Nc3ccc(NC(=O)NCCC(C)(C)F)cc3)ncnc2c1. The summed E-state index contributed by atoms with van der Waals surface area (Å²) in [5.41, 5.74) is 0.0743. The Morgan fingerprint density at radius 3 is 2.47 bits per heavy atom. The first-order chi connectivity index (χ1) is 16.1. The first-order valence-corrected chi connectivity index (χ1v) is 10.5. The second-order valence-electron chi connectivity index (χ2n) is 8.04. The van der Waals surface area contributed by atoms with Crippen molar-refractivity contribution in [1.29, 1.82) is 0 Å². The number of alkyl halides is 1. The third kappa shape index (κ3) is 6.99. The van der Waals surface area contributed by atoms with Gasteiger partial charge in [-0.15, -0.1) is 0 Å². The minimum absolute atomic E-state index is 0.159. The number of hydrogen-bond donors (Lipinski definition) is 4. The number of hydrogen-bond acceptors (Lipinski definition) is 6. The Morgan fingerprint density at radius 1 is 1.09 bits per heavy atom. The monoisotopic (exact) mass is 472 g/mol. The number of likely N-dealkylation sites (N-methyl/N-ethyl adjacent to an activating group) is 1. The summed E-state index contributed by atoms with van der Waals surface area (Å²) in [6.45, 7) is 2.86. The minimum atomic E-state index is -1.36. The van der Waals surface area contributed by atoms with Crippen molar-refractivity contribution in [1.82, 2.24) is 20.6 Å². The van der Waals surface area contributed by atoms with E-state index in [1.807, 2.05) is 0 Å². The lowest BCUT2D eigenvalue weighted by atomic mass is 10.1. The van der Waals surface area contributed by atoms with E-state index in [2.05, 4.69) is 31.2 Å². The van der Waals surface area contributed by atoms with Crippen LogP contribution in [0.15, 0.2) is 42.7 Å². The molecule has 1 aromatic heterocycles. The molecule has 1 heterocycles. The summed E-state index contributed by atoms with van der Waals surface area (Å²) in [5, 5.41) is 10.9. The molecule has 0 radical (unpaired) electrons. The zero-order chi connectivity index (χ0) is 24.7. The van der Waals surface area contributed by atoms with Crippen LogP contribution in [0.25, 0.3) is 10.9 Å². The Labute approximate surface area is 195 Å². The number of urea groups is 1. The maximum absolute atomic E-state index is 14.8. The van der Waals surface area contributed by atoms with E-state index in [-0.39, 0.29) is 42.4 Å². The van der Waals surface area contributed by atoms with Gasteiger partial charge in [0.05, 0.1) is 10.9 Å². The summed E-state index contributed by atoms with van der Waals surface area (Å²) in [4.78, 5) is 31.5. The molecule has 0 aliphatic carbocycles. The summed E-state index contributed by atoms with van der Waals surface area (Å²) in [5.74, 6) is -0.543. The number of carbonyl (C=O) groups is 2. The first-order valence-electron chi connectivity index (χ1n) is 10.5. The molecule has 3 aromatic rings. The summed E-state index contributed by atoms with van der Waals surface area (Å²) in [6.07, 6.45) is 1.49. The molecule has 2 aromatic carbocycles. The number of fused-ring (bicyclic) bond motifs is 1. The molecule has 0 unspecified atom stereocenters. The van der Waals surface area contributed by atoms with Gasteiger partial charge in [-0.25, -0.2) is 23.5 Å². The van der Waals surface area contributed by atoms with Crippen molar-refractivity contribution in [3.63, 3.8) is 0 Å². The average Bonchev–Trinajstić information content (AvgIpc) is 2.77. The van der Waals surface area contributed by atoms with Crippen molar-refractivity contribution in [2.24, 2.45) is 0 Å². The highest BCUT2D eigenvalue weighted by Crippen LogP contribution is 2.29. The third-order valence-electron chi connectivity index (χ3n) is 4.72. The molecule has 0 saturated heterocycles. The van der Waals surface area contributed by atoms with E-state index >= 15 is 0 Å². The van der Waals surface area contributed by atoms with Gasteiger partial charge in [0.25, 0.3) is 5.91 Å². The number of ether oxygens (including phenoxy) is 1. The Balaban J connectivity index is 1.67. The second-order valence-corrected chi connectivity index (χ2v) is 8.04. The number of nitrogens with one attached hydrogen (secondary N) is 4. The molecule has 9 nitrogen and oxygen atoms in total. The van der Waals surface area contributed by atoms with Crippen molar-refractivity contribution in [3.8, 4) is 5.75 Å². The van der Waals surface area contributed by atoms with Crippen LogP contribution in [0.4, 0.5) is 30.8 Å². The summed E-state index contributed by atoms with van der Waals surface area (Å²) < 4.78 is 33.6. The number of rotatable bonds is 9. The van der Waals surface area contributed by atoms with Gasteiger partial charge in [-0.3, -0.25) is 4.79 Å². The van der Waals surface area contributed by atoms with E-state index in [0.29, 0.717) is 16.9 Å². The fraction of sp³-hybridized carbons (Fsp3) is 0.304. The molecule has 0 aliphatic rings. The van der Waals surface area contributed by atoms with Crippen LogP contribution in [0, 0.1) is 5.82 Å². The lowest BCUT2D eigenvalue weighted by Gasteiger charge is -2.14. The highest BCUT2D eigenvalue weighted by atomic mass is 19.1. The van der Waals surface area contributed by atoms with Crippen LogP contribution in [-0.2, 0) is 4.79 Å². The quantitative estimate of drug-likeness (QED) is 0.375. The largest absolute Gasteiger partial charge is 0.484 e. The number of aromatic nitrogens is 2. The number of amides is 3. The molecule has 0 bridgehead atoms. The van der Waals surface area contributed by atoms with Gasteiger partial charge in [0.1, 0.15) is 29.4 Å². The second kappa shape index (κ2) is 10.7. The topological polar surface area (TPSA) is 117 Å². The van der Waals surface area contributed by atoms with Gasteiger partial charge in [-0.2, -0.15) is 0 Å². The Kier molecular flexibility index (Phi) is 7.77. The maximum Gasteiger partial charge on any atom is 0.319 e. The van der Waals surface area contributed by atoms with E-state index in [4.69, 9.17) is 4.74 Å². The highest BCUT2D eigenvalue weighted by molar-refractivity contribution is 5.92. The van der Waals surface area contributed by atoms with Crippen LogP contribution >= 0.6 is 0 Å². The highest BCUT2D eigenvalue weighted by Gasteiger charge is 2.15. The zero-order valence-corrected chi connectivity index (χ0v) is 19.0. The van der Waals surface area contributed by atoms with E-state index < -0.39 is 17.5 Å². The van der Waals surface area contributed by atoms with Gasteiger partial charge in [0, 0.05) is 37.1 Å². The molecule has 0 spiro atoms. The molecule has 0 aliphatic heterocycles. The van der Waals surface area contributed by atoms with Crippen LogP contribution in [0.2, 0.25) is 0 Å². The molecule has 0 fully saturated rings. The fourth-order valence-corrected chi connectivity index (χ4v) is 2.94. The van der Waals surface area contributed by atoms with Gasteiger partial charge < -0.3 is 26.0 Å². The summed E-state index contributed by atoms with van der Waals surface area (Å²) >= 11 is 0. The number of halogens is 2. The Morgan fingerprint density at radius 2 is 1.79 bits per heavy atom. The maximum atomic E-state index is 14.8. The number of carbonyl (C=O) groups excluding carboxylic acids is 2. The summed E-state index contributed by atoms with van der Waals surface area (Å²) in [7, 11) is 1.48. The molecule has 3 rings (SSSR count). The lowest BCUT2D eigenvalue weighted by Crippen LogP contribution is -2.32. The van der Waals surface area contributed by atoms with Crippen molar-refractivity contribution < 1.29 is 23.1 Å². The summed E-state index contributed by atoms with van der Waals surface area (Å²) in [6, 6.07) is 8.93. The molecule has 3 amide bonds. The predicted octanol–water partition coefficient (Wildman–Crippen LogP) is 3.90. The number of anilines is 3. The predicted molar refractivity (Wildman–Crippen MR) is 126 cm³/mol. The Hall–Kier alpha value is -4.02. The van der Waals surface area contributed by atoms with Crippen LogP contribution < -0.4 is 26.0 Å². The van der Waals surface area contributed by atoms with Gasteiger partial charge in [-0.1, -0.05) is 0 Å². The molecule has 0 saturated carbocycles. The molecule has 180 valence electrons. The number of nitrogens with zero attached hydrogens (tertiary/aromatic N) is 2. The average molecular weight is 472 g/mol. The smallest absolute Gasteiger partial charge is 0.319 e. The molecular formula is C23H26F2N6O3. The molecule has 11 heteroatoms. The van der Waals surface area contributed by atoms with Crippen LogP contribution in [0.5, 0.6) is 5.75 Å². The molecule has 4 N–H and O–H groups in total. The standard InChI is InChI=1S/C23H26F2N6O3/c1-23(2,25)8-9-27-22(33)31-15-6-4-14(5-7-15)30-21-20-17(24)10-16(34-12-19(32)26-3)11-18(20)28-13-29-21/h4-7,10-11,13H,8-9,12H2,1-3H3,(H,26,32)(H2,27,31,33)(H,28,29,30). The van der Waals surface area contributed by atoms with Crippen molar-refractivity contribution >= 4 is 40.0 Å². The van der Waals surface area contributed by atoms with Gasteiger partial charge in [0.2, 0.25) is 0 Å². The Bertz CT molecular complexity index is 1170. The van der Waals surface area contributed by atoms with Gasteiger partial charge >= 0.3 is 6.03 Å². The van der Waals surface area contributed by atoms with E-state index in [9.17, 15) is 18.4 Å². The lowest BCUT2D eigenvalue weighted by molar-refractivity contribution is -0.122. The van der Waals surface area contributed by atoms with Crippen LogP contribution in [0.3, 0.4) is 0 Å². The van der Waals surface area contributed by atoms with Crippen LogP contribution in [-0.4, -0.2) is 47.8 Å². The van der Waals surface area contributed by atoms with Gasteiger partial charge in [-0.05, 0) is 44.5 Å². The van der Waals surface area contributed by atoms with Crippen molar-refractivity contribution in [2.45, 2.75) is 25.9 Å². The fourth-order valence-electron chi connectivity index (χ4n) is 2.94. The molecular weight excluding hydrogens is 446 g/mol. The minimum Gasteiger partial charge on any atom is -0.484 e. The van der Waals surface area contributed by atoms with Crippen molar-refractivity contribution in [3.05, 3.63) is 48.5 Å². The van der Waals surface area contributed by atoms with E-state index in [0.717, 1.165) is 6.07 Å². The third-order valence-corrected chi connectivity index (χ3v) is 4.72. The zero-order valence-electron chi connectivity index (χ0n) is 19.0. The van der Waals surface area contributed by atoms with E-state index in [1.165, 1.54) is 33.3 Å². The number of benzene rings is 2. The van der Waals surface area contributed by atoms with E-state index in [1.54, 1.807) is 24.3 Å². The van der Waals surface area contributed by atoms with Crippen molar-refractivity contribution in [2.75, 3.05) is 30.8 Å². The normalized spacial score (nSPS) is 11.1. The molecule has 0 atom stereocenters. The molecule has 34 heavy (non-hydrogen) atoms.